The van der Waals surface area contributed by atoms with E-state index in [4.69, 9.17) is 5.11 Å². The topological polar surface area (TPSA) is 66.4 Å². The summed E-state index contributed by atoms with van der Waals surface area (Å²) in [6.07, 6.45) is 7.85. The predicted octanol–water partition coefficient (Wildman–Crippen LogP) is 2.47. The Morgan fingerprint density at radius 3 is 2.43 bits per heavy atom. The molecule has 0 bridgehead atoms. The van der Waals surface area contributed by atoms with E-state index in [2.05, 4.69) is 4.72 Å². The summed E-state index contributed by atoms with van der Waals surface area (Å²) < 4.78 is 26.9. The van der Waals surface area contributed by atoms with E-state index in [1.165, 1.54) is 25.7 Å². The average molecular weight is 311 g/mol. The first-order valence-electron chi connectivity index (χ1n) is 7.81. The summed E-state index contributed by atoms with van der Waals surface area (Å²) in [4.78, 5) is 0.296. The lowest BCUT2D eigenvalue weighted by Crippen LogP contribution is -2.25. The summed E-state index contributed by atoms with van der Waals surface area (Å²) in [5.74, 6) is 0.798. The molecule has 0 atom stereocenters. The average Bonchev–Trinajstić information content (AvgIpc) is 2.98. The van der Waals surface area contributed by atoms with Crippen LogP contribution in [0.25, 0.3) is 0 Å². The highest BCUT2D eigenvalue weighted by molar-refractivity contribution is 7.89. The number of aliphatic hydroxyl groups is 1. The molecule has 1 saturated carbocycles. The van der Waals surface area contributed by atoms with Gasteiger partial charge < -0.3 is 5.11 Å². The molecule has 21 heavy (non-hydrogen) atoms. The third-order valence-electron chi connectivity index (χ3n) is 4.19. The lowest BCUT2D eigenvalue weighted by atomic mass is 10.0. The fraction of sp³-hybridized carbons (Fsp3) is 0.625. The van der Waals surface area contributed by atoms with Crippen molar-refractivity contribution in [2.45, 2.75) is 49.8 Å². The van der Waals surface area contributed by atoms with Gasteiger partial charge in [-0.15, -0.1) is 0 Å². The number of rotatable bonds is 8. The molecule has 0 aliphatic heterocycles. The lowest BCUT2D eigenvalue weighted by molar-refractivity contribution is 0.299. The summed E-state index contributed by atoms with van der Waals surface area (Å²) in [6.45, 7) is 0.586. The predicted molar refractivity (Wildman–Crippen MR) is 83.6 cm³/mol. The Morgan fingerprint density at radius 1 is 1.14 bits per heavy atom. The molecular weight excluding hydrogens is 286 g/mol. The van der Waals surface area contributed by atoms with Crippen LogP contribution in [0, 0.1) is 5.92 Å². The molecule has 118 valence electrons. The molecule has 0 unspecified atom stereocenters. The molecule has 0 aromatic heterocycles. The Labute approximate surface area is 127 Å². The Kier molecular flexibility index (Phi) is 6.21. The molecule has 1 aromatic rings. The van der Waals surface area contributed by atoms with Crippen molar-refractivity contribution in [1.29, 1.82) is 0 Å². The highest BCUT2D eigenvalue weighted by Crippen LogP contribution is 2.28. The second-order valence-corrected chi connectivity index (χ2v) is 7.57. The van der Waals surface area contributed by atoms with Crippen LogP contribution in [0.5, 0.6) is 0 Å². The smallest absolute Gasteiger partial charge is 0.240 e. The van der Waals surface area contributed by atoms with Crippen molar-refractivity contribution in [2.75, 3.05) is 13.2 Å². The summed E-state index contributed by atoms with van der Waals surface area (Å²) in [5.41, 5.74) is 0.942. The van der Waals surface area contributed by atoms with Gasteiger partial charge in [-0.1, -0.05) is 37.8 Å². The standard InChI is InChI=1S/C16H25NO3S/c18-13-11-15-7-9-16(10-8-15)21(19,20)17-12-3-6-14-4-1-2-5-14/h7-10,14,17-18H,1-6,11-13H2. The number of benzene rings is 1. The minimum absolute atomic E-state index is 0.0749. The Hall–Kier alpha value is -0.910. The largest absolute Gasteiger partial charge is 0.396 e. The lowest BCUT2D eigenvalue weighted by Gasteiger charge is -2.10. The monoisotopic (exact) mass is 311 g/mol. The highest BCUT2D eigenvalue weighted by atomic mass is 32.2. The van der Waals surface area contributed by atoms with E-state index < -0.39 is 10.0 Å². The van der Waals surface area contributed by atoms with Crippen molar-refractivity contribution >= 4 is 10.0 Å². The molecule has 1 aliphatic carbocycles. The Bertz CT molecular complexity index is 519. The maximum atomic E-state index is 12.1. The summed E-state index contributed by atoms with van der Waals surface area (Å²) >= 11 is 0. The van der Waals surface area contributed by atoms with E-state index in [1.807, 2.05) is 0 Å². The molecule has 0 saturated heterocycles. The third-order valence-corrected chi connectivity index (χ3v) is 5.67. The minimum Gasteiger partial charge on any atom is -0.396 e. The van der Waals surface area contributed by atoms with Gasteiger partial charge in [-0.2, -0.15) is 0 Å². The Morgan fingerprint density at radius 2 is 1.81 bits per heavy atom. The van der Waals surface area contributed by atoms with Gasteiger partial charge >= 0.3 is 0 Å². The number of sulfonamides is 1. The first kappa shape index (κ1) is 16.5. The highest BCUT2D eigenvalue weighted by Gasteiger charge is 2.16. The molecule has 5 heteroatoms. The van der Waals surface area contributed by atoms with Crippen LogP contribution in [-0.2, 0) is 16.4 Å². The molecule has 1 aliphatic rings. The molecule has 0 amide bonds. The fourth-order valence-corrected chi connectivity index (χ4v) is 4.02. The zero-order valence-corrected chi connectivity index (χ0v) is 13.2. The van der Waals surface area contributed by atoms with Crippen molar-refractivity contribution in [3.8, 4) is 0 Å². The van der Waals surface area contributed by atoms with Crippen LogP contribution in [0.4, 0.5) is 0 Å². The van der Waals surface area contributed by atoms with Crippen LogP contribution in [0.15, 0.2) is 29.2 Å². The first-order valence-corrected chi connectivity index (χ1v) is 9.29. The second kappa shape index (κ2) is 7.92. The molecule has 0 heterocycles. The van der Waals surface area contributed by atoms with Gasteiger partial charge in [0.25, 0.3) is 0 Å². The number of hydrogen-bond donors (Lipinski definition) is 2. The fourth-order valence-electron chi connectivity index (χ4n) is 2.94. The van der Waals surface area contributed by atoms with E-state index in [0.29, 0.717) is 17.9 Å². The normalized spacial score (nSPS) is 16.4. The number of hydrogen-bond acceptors (Lipinski definition) is 3. The molecule has 0 radical (unpaired) electrons. The van der Waals surface area contributed by atoms with E-state index in [9.17, 15) is 8.42 Å². The number of nitrogens with one attached hydrogen (secondary N) is 1. The molecule has 1 aromatic carbocycles. The third kappa shape index (κ3) is 5.09. The van der Waals surface area contributed by atoms with Crippen LogP contribution >= 0.6 is 0 Å². The van der Waals surface area contributed by atoms with Crippen molar-refractivity contribution in [2.24, 2.45) is 5.92 Å². The summed E-state index contributed by atoms with van der Waals surface area (Å²) in [7, 11) is -3.40. The van der Waals surface area contributed by atoms with Gasteiger partial charge in [-0.3, -0.25) is 0 Å². The van der Waals surface area contributed by atoms with E-state index >= 15 is 0 Å². The molecule has 4 nitrogen and oxygen atoms in total. The van der Waals surface area contributed by atoms with Gasteiger partial charge in [0.2, 0.25) is 10.0 Å². The van der Waals surface area contributed by atoms with Gasteiger partial charge in [0, 0.05) is 13.2 Å². The van der Waals surface area contributed by atoms with Crippen LogP contribution in [0.1, 0.15) is 44.1 Å². The van der Waals surface area contributed by atoms with Crippen molar-refractivity contribution in [3.63, 3.8) is 0 Å². The summed E-state index contributed by atoms with van der Waals surface area (Å²) in [5, 5.41) is 8.85. The van der Waals surface area contributed by atoms with Gasteiger partial charge in [-0.05, 0) is 42.9 Å². The molecule has 1 fully saturated rings. The first-order chi connectivity index (χ1) is 10.1. The van der Waals surface area contributed by atoms with Gasteiger partial charge in [0.15, 0.2) is 0 Å². The van der Waals surface area contributed by atoms with Crippen molar-refractivity contribution < 1.29 is 13.5 Å². The zero-order chi connectivity index (χ0) is 15.1. The van der Waals surface area contributed by atoms with Crippen molar-refractivity contribution in [3.05, 3.63) is 29.8 Å². The van der Waals surface area contributed by atoms with E-state index in [-0.39, 0.29) is 6.61 Å². The summed E-state index contributed by atoms with van der Waals surface area (Å²) in [6, 6.07) is 6.71. The van der Waals surface area contributed by atoms with Gasteiger partial charge in [0.05, 0.1) is 4.90 Å². The maximum absolute atomic E-state index is 12.1. The second-order valence-electron chi connectivity index (χ2n) is 5.81. The molecule has 2 rings (SSSR count). The van der Waals surface area contributed by atoms with Gasteiger partial charge in [0.1, 0.15) is 0 Å². The SMILES string of the molecule is O=S(=O)(NCCCC1CCCC1)c1ccc(CCO)cc1. The minimum atomic E-state index is -3.40. The van der Waals surface area contributed by atoms with Crippen LogP contribution in [0.2, 0.25) is 0 Å². The van der Waals surface area contributed by atoms with E-state index in [1.54, 1.807) is 24.3 Å². The molecule has 2 N–H and O–H groups in total. The van der Waals surface area contributed by atoms with Crippen LogP contribution in [0.3, 0.4) is 0 Å². The zero-order valence-electron chi connectivity index (χ0n) is 12.4. The maximum Gasteiger partial charge on any atom is 0.240 e. The molecule has 0 spiro atoms. The quantitative estimate of drug-likeness (QED) is 0.725. The van der Waals surface area contributed by atoms with Crippen LogP contribution in [-0.4, -0.2) is 26.7 Å². The molecular formula is C16H25NO3S. The van der Waals surface area contributed by atoms with E-state index in [0.717, 1.165) is 24.3 Å². The van der Waals surface area contributed by atoms with Crippen LogP contribution < -0.4 is 4.72 Å². The Balaban J connectivity index is 1.80. The number of aliphatic hydroxyl groups excluding tert-OH is 1. The van der Waals surface area contributed by atoms with Gasteiger partial charge in [-0.25, -0.2) is 13.1 Å². The van der Waals surface area contributed by atoms with Crippen molar-refractivity contribution in [1.82, 2.24) is 4.72 Å².